The van der Waals surface area contributed by atoms with Gasteiger partial charge in [0.05, 0.1) is 17.2 Å². The van der Waals surface area contributed by atoms with Crippen molar-refractivity contribution in [3.63, 3.8) is 0 Å². The Kier molecular flexibility index (Phi) is 5.41. The quantitative estimate of drug-likeness (QED) is 0.644. The average Bonchev–Trinajstić information content (AvgIpc) is 3.18. The molecule has 0 unspecified atom stereocenters. The van der Waals surface area contributed by atoms with E-state index in [1.165, 1.54) is 4.90 Å². The predicted octanol–water partition coefficient (Wildman–Crippen LogP) is 5.14. The highest BCUT2D eigenvalue weighted by Gasteiger charge is 2.31. The van der Waals surface area contributed by atoms with E-state index < -0.39 is 0 Å². The Bertz CT molecular complexity index is 989. The van der Waals surface area contributed by atoms with Gasteiger partial charge in [0.15, 0.2) is 0 Å². The summed E-state index contributed by atoms with van der Waals surface area (Å²) in [5, 5.41) is 3.27. The second-order valence-electron chi connectivity index (χ2n) is 6.33. The summed E-state index contributed by atoms with van der Waals surface area (Å²) in [5.41, 5.74) is 1.37. The number of para-hydroxylation sites is 1. The van der Waals surface area contributed by atoms with Crippen LogP contribution in [-0.4, -0.2) is 18.4 Å². The van der Waals surface area contributed by atoms with Crippen LogP contribution in [0.5, 0.6) is 0 Å². The first-order valence-electron chi connectivity index (χ1n) is 8.75. The number of benzene rings is 2. The number of amides is 2. The zero-order valence-corrected chi connectivity index (χ0v) is 16.4. The molecule has 4 rings (SSSR count). The lowest BCUT2D eigenvalue weighted by Crippen LogP contribution is -2.38. The fourth-order valence-corrected chi connectivity index (χ4v) is 4.43. The summed E-state index contributed by atoms with van der Waals surface area (Å²) in [6, 6.07) is 18.1. The summed E-state index contributed by atoms with van der Waals surface area (Å²) in [5.74, 6) is 0.359. The Morgan fingerprint density at radius 1 is 1.14 bits per heavy atom. The largest absolute Gasteiger partial charge is 0.468 e. The van der Waals surface area contributed by atoms with Gasteiger partial charge in [0.1, 0.15) is 12.3 Å². The number of nitrogens with zero attached hydrogens (tertiary/aromatic N) is 1. The minimum absolute atomic E-state index is 0.0656. The lowest BCUT2D eigenvalue weighted by atomic mass is 10.2. The third-order valence-corrected chi connectivity index (χ3v) is 5.91. The number of halogens is 1. The van der Waals surface area contributed by atoms with Crippen LogP contribution >= 0.6 is 23.4 Å². The molecule has 28 heavy (non-hydrogen) atoms. The molecule has 2 aromatic carbocycles. The van der Waals surface area contributed by atoms with Crippen LogP contribution < -0.4 is 10.2 Å². The van der Waals surface area contributed by atoms with Gasteiger partial charge in [0.2, 0.25) is 11.8 Å². The monoisotopic (exact) mass is 412 g/mol. The number of fused-ring (bicyclic) bond motifs is 1. The van der Waals surface area contributed by atoms with Crippen LogP contribution in [0.3, 0.4) is 0 Å². The van der Waals surface area contributed by atoms with E-state index in [0.717, 1.165) is 16.3 Å². The molecule has 0 radical (unpaired) electrons. The summed E-state index contributed by atoms with van der Waals surface area (Å²) in [7, 11) is 0. The average molecular weight is 413 g/mol. The van der Waals surface area contributed by atoms with Crippen molar-refractivity contribution >= 4 is 46.6 Å². The molecular formula is C21H17ClN2O3S. The lowest BCUT2D eigenvalue weighted by molar-refractivity contribution is -0.121. The molecular weight excluding hydrogens is 396 g/mol. The molecule has 7 heteroatoms. The maximum Gasteiger partial charge on any atom is 0.244 e. The second kappa shape index (κ2) is 8.12. The van der Waals surface area contributed by atoms with E-state index >= 15 is 0 Å². The van der Waals surface area contributed by atoms with Gasteiger partial charge in [-0.05, 0) is 48.5 Å². The molecule has 5 nitrogen and oxygen atoms in total. The van der Waals surface area contributed by atoms with Crippen LogP contribution in [0.4, 0.5) is 11.4 Å². The number of carbonyl (C=O) groups excluding carboxylic acids is 2. The minimum Gasteiger partial charge on any atom is -0.468 e. The fourth-order valence-electron chi connectivity index (χ4n) is 3.06. The Hall–Kier alpha value is -2.70. The number of rotatable bonds is 4. The van der Waals surface area contributed by atoms with E-state index in [1.807, 2.05) is 36.4 Å². The van der Waals surface area contributed by atoms with Crippen molar-refractivity contribution in [2.75, 3.05) is 16.8 Å². The molecule has 142 valence electrons. The molecule has 0 saturated carbocycles. The Balaban J connectivity index is 1.56. The van der Waals surface area contributed by atoms with Gasteiger partial charge in [-0.1, -0.05) is 23.7 Å². The molecule has 0 saturated heterocycles. The van der Waals surface area contributed by atoms with Gasteiger partial charge in [-0.3, -0.25) is 9.59 Å². The zero-order valence-electron chi connectivity index (χ0n) is 14.8. The highest BCUT2D eigenvalue weighted by molar-refractivity contribution is 7.99. The maximum absolute atomic E-state index is 13.0. The zero-order chi connectivity index (χ0) is 19.5. The first-order valence-corrected chi connectivity index (χ1v) is 10.0. The van der Waals surface area contributed by atoms with Crippen LogP contribution in [0.25, 0.3) is 0 Å². The maximum atomic E-state index is 13.0. The molecule has 1 atom stereocenters. The SMILES string of the molecule is O=C(CN1C(=O)C[C@@H](c2ccco2)Sc2ccccc21)Nc1ccc(Cl)cc1. The smallest absolute Gasteiger partial charge is 0.244 e. The summed E-state index contributed by atoms with van der Waals surface area (Å²) in [6.07, 6.45) is 1.86. The molecule has 3 aromatic rings. The van der Waals surface area contributed by atoms with Gasteiger partial charge < -0.3 is 14.6 Å². The minimum atomic E-state index is -0.271. The molecule has 1 aliphatic heterocycles. The van der Waals surface area contributed by atoms with Crippen molar-refractivity contribution in [1.82, 2.24) is 0 Å². The van der Waals surface area contributed by atoms with Crippen molar-refractivity contribution in [3.05, 3.63) is 77.7 Å². The van der Waals surface area contributed by atoms with E-state index in [0.29, 0.717) is 10.7 Å². The van der Waals surface area contributed by atoms with Gasteiger partial charge in [-0.2, -0.15) is 0 Å². The van der Waals surface area contributed by atoms with Crippen LogP contribution in [0.2, 0.25) is 5.02 Å². The number of hydrogen-bond acceptors (Lipinski definition) is 4. The summed E-state index contributed by atoms with van der Waals surface area (Å²) < 4.78 is 5.52. The van der Waals surface area contributed by atoms with Crippen LogP contribution in [0.1, 0.15) is 17.4 Å². The van der Waals surface area contributed by atoms with Gasteiger partial charge >= 0.3 is 0 Å². The van der Waals surface area contributed by atoms with E-state index in [1.54, 1.807) is 42.3 Å². The molecule has 0 spiro atoms. The topological polar surface area (TPSA) is 62.6 Å². The summed E-state index contributed by atoms with van der Waals surface area (Å²) >= 11 is 7.45. The number of anilines is 2. The molecule has 1 aliphatic rings. The third kappa shape index (κ3) is 4.08. The van der Waals surface area contributed by atoms with Crippen LogP contribution in [0.15, 0.2) is 76.2 Å². The molecule has 1 N–H and O–H groups in total. The van der Waals surface area contributed by atoms with Crippen molar-refractivity contribution in [1.29, 1.82) is 0 Å². The molecule has 0 aliphatic carbocycles. The van der Waals surface area contributed by atoms with Crippen molar-refractivity contribution in [3.8, 4) is 0 Å². The summed E-state index contributed by atoms with van der Waals surface area (Å²) in [6.45, 7) is -0.0656. The highest BCUT2D eigenvalue weighted by Crippen LogP contribution is 2.45. The van der Waals surface area contributed by atoms with Crippen LogP contribution in [-0.2, 0) is 9.59 Å². The number of nitrogens with one attached hydrogen (secondary N) is 1. The first-order chi connectivity index (χ1) is 13.6. The number of thioether (sulfide) groups is 1. The Labute approximate surface area is 171 Å². The van der Waals surface area contributed by atoms with Crippen molar-refractivity contribution in [2.45, 2.75) is 16.6 Å². The number of carbonyl (C=O) groups is 2. The normalized spacial score (nSPS) is 16.4. The van der Waals surface area contributed by atoms with Gasteiger partial charge in [0, 0.05) is 22.0 Å². The van der Waals surface area contributed by atoms with Gasteiger partial charge in [0.25, 0.3) is 0 Å². The molecule has 1 aromatic heterocycles. The lowest BCUT2D eigenvalue weighted by Gasteiger charge is -2.22. The highest BCUT2D eigenvalue weighted by atomic mass is 35.5. The van der Waals surface area contributed by atoms with Crippen LogP contribution in [0, 0.1) is 0 Å². The molecule has 0 fully saturated rings. The van der Waals surface area contributed by atoms with Gasteiger partial charge in [-0.15, -0.1) is 11.8 Å². The molecule has 2 heterocycles. The second-order valence-corrected chi connectivity index (χ2v) is 8.01. The number of furan rings is 1. The van der Waals surface area contributed by atoms with Crippen molar-refractivity contribution < 1.29 is 14.0 Å². The summed E-state index contributed by atoms with van der Waals surface area (Å²) in [4.78, 5) is 28.0. The van der Waals surface area contributed by atoms with E-state index in [-0.39, 0.29) is 30.0 Å². The fraction of sp³-hybridized carbons (Fsp3) is 0.143. The Morgan fingerprint density at radius 2 is 1.93 bits per heavy atom. The van der Waals surface area contributed by atoms with E-state index in [2.05, 4.69) is 5.32 Å². The first kappa shape index (κ1) is 18.7. The number of hydrogen-bond donors (Lipinski definition) is 1. The third-order valence-electron chi connectivity index (χ3n) is 4.38. The van der Waals surface area contributed by atoms with Gasteiger partial charge in [-0.25, -0.2) is 0 Å². The Morgan fingerprint density at radius 3 is 2.68 bits per heavy atom. The van der Waals surface area contributed by atoms with Crippen molar-refractivity contribution in [2.24, 2.45) is 0 Å². The van der Waals surface area contributed by atoms with E-state index in [4.69, 9.17) is 16.0 Å². The predicted molar refractivity (Wildman–Crippen MR) is 111 cm³/mol. The molecule has 2 amide bonds. The van der Waals surface area contributed by atoms with E-state index in [9.17, 15) is 9.59 Å². The standard InChI is InChI=1S/C21H17ClN2O3S/c22-14-7-9-15(10-8-14)23-20(25)13-24-16-4-1-2-6-18(16)28-19(12-21(24)26)17-5-3-11-27-17/h1-11,19H,12-13H2,(H,23,25)/t19-/m0/s1. The molecule has 0 bridgehead atoms.